The van der Waals surface area contributed by atoms with Gasteiger partial charge in [-0.3, -0.25) is 4.98 Å². The molecule has 1 saturated heterocycles. The first-order chi connectivity index (χ1) is 9.47. The van der Waals surface area contributed by atoms with Crippen molar-refractivity contribution in [3.63, 3.8) is 0 Å². The molecule has 5 nitrogen and oxygen atoms in total. The van der Waals surface area contributed by atoms with Crippen molar-refractivity contribution in [2.75, 3.05) is 25.9 Å². The van der Waals surface area contributed by atoms with Crippen molar-refractivity contribution in [3.05, 3.63) is 29.6 Å². The highest BCUT2D eigenvalue weighted by Crippen LogP contribution is 2.18. The third kappa shape index (κ3) is 4.26. The average molecular weight is 297 g/mol. The molecule has 0 saturated carbocycles. The van der Waals surface area contributed by atoms with E-state index in [0.29, 0.717) is 19.0 Å². The van der Waals surface area contributed by atoms with Crippen LogP contribution in [-0.2, 0) is 16.6 Å². The van der Waals surface area contributed by atoms with Crippen LogP contribution in [0.15, 0.2) is 18.5 Å². The number of aryl methyl sites for hydroxylation is 1. The molecule has 0 spiro atoms. The Morgan fingerprint density at radius 1 is 1.50 bits per heavy atom. The summed E-state index contributed by atoms with van der Waals surface area (Å²) in [7, 11) is -3.05. The van der Waals surface area contributed by atoms with E-state index in [1.807, 2.05) is 12.3 Å². The number of hydrogen-bond donors (Lipinski definition) is 1. The summed E-state index contributed by atoms with van der Waals surface area (Å²) in [6.45, 7) is 5.02. The molecule has 1 aliphatic heterocycles. The van der Waals surface area contributed by atoms with Crippen molar-refractivity contribution < 1.29 is 8.42 Å². The monoisotopic (exact) mass is 297 g/mol. The highest BCUT2D eigenvalue weighted by molar-refractivity contribution is 7.88. The molecule has 1 aromatic heterocycles. The summed E-state index contributed by atoms with van der Waals surface area (Å²) < 4.78 is 24.7. The smallest absolute Gasteiger partial charge is 0.211 e. The summed E-state index contributed by atoms with van der Waals surface area (Å²) in [5.74, 6) is 0.403. The van der Waals surface area contributed by atoms with E-state index < -0.39 is 10.0 Å². The molecule has 0 bridgehead atoms. The van der Waals surface area contributed by atoms with Gasteiger partial charge in [-0.05, 0) is 49.4 Å². The van der Waals surface area contributed by atoms with Gasteiger partial charge >= 0.3 is 0 Å². The largest absolute Gasteiger partial charge is 0.312 e. The number of pyridine rings is 1. The van der Waals surface area contributed by atoms with Gasteiger partial charge in [-0.2, -0.15) is 0 Å². The van der Waals surface area contributed by atoms with Gasteiger partial charge in [0.15, 0.2) is 0 Å². The van der Waals surface area contributed by atoms with Crippen LogP contribution in [0.2, 0.25) is 0 Å². The van der Waals surface area contributed by atoms with Gasteiger partial charge in [0, 0.05) is 32.0 Å². The summed E-state index contributed by atoms with van der Waals surface area (Å²) in [4.78, 5) is 4.08. The third-order valence-electron chi connectivity index (χ3n) is 3.84. The molecule has 1 N–H and O–H groups in total. The van der Waals surface area contributed by atoms with Crippen molar-refractivity contribution in [2.24, 2.45) is 5.92 Å². The second kappa shape index (κ2) is 6.65. The number of hydrogen-bond acceptors (Lipinski definition) is 4. The molecule has 2 heterocycles. The van der Waals surface area contributed by atoms with Crippen LogP contribution in [-0.4, -0.2) is 43.6 Å². The molecule has 112 valence electrons. The molecule has 20 heavy (non-hydrogen) atoms. The molecule has 1 fully saturated rings. The van der Waals surface area contributed by atoms with Gasteiger partial charge in [-0.1, -0.05) is 0 Å². The molecule has 0 aromatic carbocycles. The lowest BCUT2D eigenvalue weighted by Gasteiger charge is -2.31. The van der Waals surface area contributed by atoms with Gasteiger partial charge in [0.2, 0.25) is 10.0 Å². The molecular weight excluding hydrogens is 274 g/mol. The van der Waals surface area contributed by atoms with Gasteiger partial charge in [-0.15, -0.1) is 0 Å². The van der Waals surface area contributed by atoms with Gasteiger partial charge in [-0.25, -0.2) is 12.7 Å². The average Bonchev–Trinajstić information content (AvgIpc) is 2.40. The van der Waals surface area contributed by atoms with E-state index in [4.69, 9.17) is 0 Å². The van der Waals surface area contributed by atoms with Crippen LogP contribution in [0.1, 0.15) is 24.0 Å². The molecule has 1 aliphatic rings. The van der Waals surface area contributed by atoms with E-state index in [1.54, 1.807) is 10.5 Å². The highest BCUT2D eigenvalue weighted by atomic mass is 32.2. The van der Waals surface area contributed by atoms with Crippen molar-refractivity contribution in [3.8, 4) is 0 Å². The minimum atomic E-state index is -3.05. The minimum Gasteiger partial charge on any atom is -0.312 e. The summed E-state index contributed by atoms with van der Waals surface area (Å²) in [6.07, 6.45) is 7.00. The van der Waals surface area contributed by atoms with Crippen LogP contribution in [0.4, 0.5) is 0 Å². The summed E-state index contributed by atoms with van der Waals surface area (Å²) in [5, 5.41) is 3.43. The van der Waals surface area contributed by atoms with Crippen LogP contribution in [0.25, 0.3) is 0 Å². The normalized spacial score (nSPS) is 21.0. The van der Waals surface area contributed by atoms with Crippen LogP contribution < -0.4 is 5.32 Å². The number of rotatable bonds is 5. The van der Waals surface area contributed by atoms with E-state index in [2.05, 4.69) is 17.2 Å². The molecule has 2 rings (SSSR count). The maximum absolute atomic E-state index is 11.6. The zero-order chi connectivity index (χ0) is 14.6. The molecule has 0 aliphatic carbocycles. The molecule has 0 amide bonds. The Morgan fingerprint density at radius 3 is 3.00 bits per heavy atom. The van der Waals surface area contributed by atoms with E-state index in [9.17, 15) is 8.42 Å². The Morgan fingerprint density at radius 2 is 2.30 bits per heavy atom. The standard InChI is InChI=1S/C14H23N3O2S/c1-12-8-15-6-5-14(12)10-16-9-13-4-3-7-17(11-13)20(2,18)19/h5-6,8,13,16H,3-4,7,9-11H2,1-2H3. The number of aromatic nitrogens is 1. The van der Waals surface area contributed by atoms with Gasteiger partial charge in [0.25, 0.3) is 0 Å². The first-order valence-electron chi connectivity index (χ1n) is 7.02. The topological polar surface area (TPSA) is 62.3 Å². The van der Waals surface area contributed by atoms with Crippen LogP contribution in [0.3, 0.4) is 0 Å². The SMILES string of the molecule is Cc1cnccc1CNCC1CCCN(S(C)(=O)=O)C1. The Hall–Kier alpha value is -0.980. The Kier molecular flexibility index (Phi) is 5.12. The Balaban J connectivity index is 1.81. The zero-order valence-corrected chi connectivity index (χ0v) is 13.0. The lowest BCUT2D eigenvalue weighted by molar-refractivity contribution is 0.261. The van der Waals surface area contributed by atoms with E-state index in [-0.39, 0.29) is 0 Å². The predicted molar refractivity (Wildman–Crippen MR) is 79.8 cm³/mol. The first kappa shape index (κ1) is 15.4. The minimum absolute atomic E-state index is 0.403. The molecule has 0 radical (unpaired) electrons. The molecular formula is C14H23N3O2S. The van der Waals surface area contributed by atoms with Crippen molar-refractivity contribution in [1.82, 2.24) is 14.6 Å². The van der Waals surface area contributed by atoms with Crippen LogP contribution in [0.5, 0.6) is 0 Å². The fourth-order valence-corrected chi connectivity index (χ4v) is 3.55. The lowest BCUT2D eigenvalue weighted by Crippen LogP contribution is -2.42. The molecule has 6 heteroatoms. The third-order valence-corrected chi connectivity index (χ3v) is 5.11. The van der Waals surface area contributed by atoms with Gasteiger partial charge in [0.05, 0.1) is 6.26 Å². The maximum atomic E-state index is 11.6. The van der Waals surface area contributed by atoms with Crippen molar-refractivity contribution in [2.45, 2.75) is 26.3 Å². The fourth-order valence-electron chi connectivity index (χ4n) is 2.61. The van der Waals surface area contributed by atoms with E-state index in [0.717, 1.165) is 25.9 Å². The lowest BCUT2D eigenvalue weighted by atomic mass is 9.99. The Labute approximate surface area is 121 Å². The fraction of sp³-hybridized carbons (Fsp3) is 0.643. The summed E-state index contributed by atoms with van der Waals surface area (Å²) in [5.41, 5.74) is 2.43. The Bertz CT molecular complexity index is 545. The van der Waals surface area contributed by atoms with Gasteiger partial charge in [0.1, 0.15) is 0 Å². The first-order valence-corrected chi connectivity index (χ1v) is 8.87. The molecule has 1 unspecified atom stereocenters. The summed E-state index contributed by atoms with van der Waals surface area (Å²) >= 11 is 0. The predicted octanol–water partition coefficient (Wildman–Crippen LogP) is 1.15. The molecule has 1 atom stereocenters. The summed E-state index contributed by atoms with van der Waals surface area (Å²) in [6, 6.07) is 2.02. The van der Waals surface area contributed by atoms with Crippen molar-refractivity contribution >= 4 is 10.0 Å². The van der Waals surface area contributed by atoms with Gasteiger partial charge < -0.3 is 5.32 Å². The second-order valence-electron chi connectivity index (χ2n) is 5.56. The van der Waals surface area contributed by atoms with Crippen LogP contribution in [0, 0.1) is 12.8 Å². The number of nitrogens with zero attached hydrogens (tertiary/aromatic N) is 2. The quantitative estimate of drug-likeness (QED) is 0.885. The number of piperidine rings is 1. The maximum Gasteiger partial charge on any atom is 0.211 e. The van der Waals surface area contributed by atoms with Crippen LogP contribution >= 0.6 is 0 Å². The van der Waals surface area contributed by atoms with E-state index in [1.165, 1.54) is 17.4 Å². The van der Waals surface area contributed by atoms with Crippen molar-refractivity contribution in [1.29, 1.82) is 0 Å². The second-order valence-corrected chi connectivity index (χ2v) is 7.54. The zero-order valence-electron chi connectivity index (χ0n) is 12.2. The number of nitrogens with one attached hydrogen (secondary N) is 1. The van der Waals surface area contributed by atoms with E-state index >= 15 is 0 Å². The number of sulfonamides is 1. The highest BCUT2D eigenvalue weighted by Gasteiger charge is 2.25. The molecule has 1 aromatic rings.